The van der Waals surface area contributed by atoms with Crippen LogP contribution in [0.1, 0.15) is 10.5 Å². The fraction of sp³-hybridized carbons (Fsp3) is 0.0588. The number of para-hydroxylation sites is 1. The van der Waals surface area contributed by atoms with Crippen LogP contribution in [0.4, 0.5) is 5.69 Å². The average Bonchev–Trinajstić information content (AvgIpc) is 3.10. The number of nitrogens with one attached hydrogen (secondary N) is 1. The van der Waals surface area contributed by atoms with Crippen molar-refractivity contribution in [1.29, 1.82) is 0 Å². The van der Waals surface area contributed by atoms with Crippen molar-refractivity contribution in [3.63, 3.8) is 0 Å². The number of ether oxygens (including phenoxy) is 1. The number of anilines is 1. The number of carbonyl (C=O) groups excluding carboxylic acids is 1. The number of nitrogens with zero attached hydrogens (tertiary/aromatic N) is 2. The number of hydrogen-bond acceptors (Lipinski definition) is 4. The predicted octanol–water partition coefficient (Wildman–Crippen LogP) is 2.71. The molecule has 0 saturated heterocycles. The van der Waals surface area contributed by atoms with Gasteiger partial charge < -0.3 is 10.1 Å². The first-order valence-corrected chi connectivity index (χ1v) is 8.25. The third-order valence-electron chi connectivity index (χ3n) is 3.27. The van der Waals surface area contributed by atoms with Crippen molar-refractivity contribution in [2.45, 2.75) is 4.90 Å². The van der Waals surface area contributed by atoms with E-state index < -0.39 is 11.0 Å². The summed E-state index contributed by atoms with van der Waals surface area (Å²) in [6.07, 6.45) is 4.79. The second-order valence-electron chi connectivity index (χ2n) is 4.83. The monoisotopic (exact) mass is 341 g/mol. The molecule has 1 N–H and O–H groups in total. The molecular formula is C17H15N3O3S. The van der Waals surface area contributed by atoms with Gasteiger partial charge in [0.15, 0.2) is 11.0 Å². The molecule has 1 aromatic carbocycles. The van der Waals surface area contributed by atoms with Gasteiger partial charge in [-0.2, -0.15) is 0 Å². The lowest BCUT2D eigenvalue weighted by Gasteiger charge is -2.08. The molecule has 1 amide bonds. The van der Waals surface area contributed by atoms with Gasteiger partial charge in [0.25, 0.3) is 5.91 Å². The Balaban J connectivity index is 1.78. The van der Waals surface area contributed by atoms with Crippen LogP contribution in [0, 0.1) is 0 Å². The maximum Gasteiger partial charge on any atom is 0.274 e. The molecule has 24 heavy (non-hydrogen) atoms. The molecule has 6 nitrogen and oxygen atoms in total. The van der Waals surface area contributed by atoms with Gasteiger partial charge in [-0.05, 0) is 30.3 Å². The van der Waals surface area contributed by atoms with Crippen molar-refractivity contribution in [1.82, 2.24) is 8.96 Å². The smallest absolute Gasteiger partial charge is 0.274 e. The highest BCUT2D eigenvalue weighted by atomic mass is 32.2. The number of hydrogen-bond donors (Lipinski definition) is 1. The standard InChI is InChI=1S/C17H15N3O3S/c1-23-15-7-2-3-8-16(15)24(22)20-11-9-13(12-20)19-17(21)14-6-4-5-10-18-14/h2-12H,1H3,(H,19,21). The highest BCUT2D eigenvalue weighted by Crippen LogP contribution is 2.23. The van der Waals surface area contributed by atoms with Crippen LogP contribution in [0.25, 0.3) is 0 Å². The number of carbonyl (C=O) groups is 1. The second-order valence-corrected chi connectivity index (χ2v) is 6.19. The lowest BCUT2D eigenvalue weighted by atomic mass is 10.3. The van der Waals surface area contributed by atoms with Crippen molar-refractivity contribution in [2.24, 2.45) is 0 Å². The topological polar surface area (TPSA) is 73.2 Å². The van der Waals surface area contributed by atoms with Gasteiger partial charge in [0, 0.05) is 18.6 Å². The van der Waals surface area contributed by atoms with Gasteiger partial charge in [0.1, 0.15) is 16.3 Å². The quantitative estimate of drug-likeness (QED) is 0.774. The summed E-state index contributed by atoms with van der Waals surface area (Å²) in [7, 11) is 0.0600. The van der Waals surface area contributed by atoms with Crippen molar-refractivity contribution in [3.05, 3.63) is 72.8 Å². The number of amides is 1. The first-order chi connectivity index (χ1) is 11.7. The van der Waals surface area contributed by atoms with Crippen LogP contribution in [-0.4, -0.2) is 26.2 Å². The summed E-state index contributed by atoms with van der Waals surface area (Å²) in [4.78, 5) is 16.6. The van der Waals surface area contributed by atoms with Gasteiger partial charge in [-0.15, -0.1) is 0 Å². The number of pyridine rings is 1. The molecule has 0 aliphatic heterocycles. The highest BCUT2D eigenvalue weighted by molar-refractivity contribution is 7.83. The van der Waals surface area contributed by atoms with E-state index in [2.05, 4.69) is 10.3 Å². The average molecular weight is 341 g/mol. The van der Waals surface area contributed by atoms with E-state index in [4.69, 9.17) is 4.74 Å². The predicted molar refractivity (Wildman–Crippen MR) is 91.4 cm³/mol. The van der Waals surface area contributed by atoms with E-state index in [0.717, 1.165) is 0 Å². The normalized spacial score (nSPS) is 11.7. The maximum atomic E-state index is 12.7. The zero-order chi connectivity index (χ0) is 16.9. The zero-order valence-corrected chi connectivity index (χ0v) is 13.7. The molecule has 1 unspecified atom stereocenters. The fourth-order valence-electron chi connectivity index (χ4n) is 2.12. The lowest BCUT2D eigenvalue weighted by molar-refractivity contribution is 0.102. The number of rotatable bonds is 5. The first kappa shape index (κ1) is 15.9. The summed E-state index contributed by atoms with van der Waals surface area (Å²) in [6, 6.07) is 13.9. The molecule has 122 valence electrons. The van der Waals surface area contributed by atoms with Gasteiger partial charge in [0.2, 0.25) is 0 Å². The van der Waals surface area contributed by atoms with Gasteiger partial charge in [0.05, 0.1) is 12.8 Å². The molecule has 3 rings (SSSR count). The number of benzene rings is 1. The molecule has 0 saturated carbocycles. The fourth-order valence-corrected chi connectivity index (χ4v) is 3.25. The Bertz CT molecular complexity index is 878. The maximum absolute atomic E-state index is 12.7. The Hall–Kier alpha value is -2.93. The summed E-state index contributed by atoms with van der Waals surface area (Å²) in [5.41, 5.74) is 0.852. The molecule has 0 fully saturated rings. The van der Waals surface area contributed by atoms with E-state index in [1.54, 1.807) is 61.1 Å². The highest BCUT2D eigenvalue weighted by Gasteiger charge is 2.13. The van der Waals surface area contributed by atoms with E-state index in [1.807, 2.05) is 6.07 Å². The second kappa shape index (κ2) is 7.10. The van der Waals surface area contributed by atoms with Crippen LogP contribution in [0.2, 0.25) is 0 Å². The molecule has 0 aliphatic carbocycles. The first-order valence-electron chi connectivity index (χ1n) is 7.14. The Labute approximate surface area is 141 Å². The van der Waals surface area contributed by atoms with Crippen LogP contribution in [0.15, 0.2) is 72.0 Å². The van der Waals surface area contributed by atoms with Gasteiger partial charge >= 0.3 is 0 Å². The summed E-state index contributed by atoms with van der Waals surface area (Å²) in [5.74, 6) is 0.222. The molecule has 0 spiro atoms. The molecule has 7 heteroatoms. The minimum Gasteiger partial charge on any atom is -0.495 e. The molecule has 1 atom stereocenters. The minimum atomic E-state index is -1.47. The van der Waals surface area contributed by atoms with E-state index in [9.17, 15) is 9.00 Å². The van der Waals surface area contributed by atoms with E-state index in [1.165, 1.54) is 11.1 Å². The zero-order valence-electron chi connectivity index (χ0n) is 12.9. The molecular weight excluding hydrogens is 326 g/mol. The van der Waals surface area contributed by atoms with E-state index in [0.29, 0.717) is 22.0 Å². The Kier molecular flexibility index (Phi) is 4.72. The van der Waals surface area contributed by atoms with Crippen LogP contribution >= 0.6 is 0 Å². The van der Waals surface area contributed by atoms with Crippen molar-refractivity contribution in [2.75, 3.05) is 12.4 Å². The molecule has 0 bridgehead atoms. The van der Waals surface area contributed by atoms with Crippen LogP contribution in [0.3, 0.4) is 0 Å². The van der Waals surface area contributed by atoms with Crippen LogP contribution < -0.4 is 10.1 Å². The third-order valence-corrected chi connectivity index (χ3v) is 4.60. The lowest BCUT2D eigenvalue weighted by Crippen LogP contribution is -2.13. The Morgan fingerprint density at radius 1 is 1.17 bits per heavy atom. The van der Waals surface area contributed by atoms with Crippen molar-refractivity contribution >= 4 is 22.6 Å². The van der Waals surface area contributed by atoms with E-state index in [-0.39, 0.29) is 5.91 Å². The largest absolute Gasteiger partial charge is 0.495 e. The molecule has 3 aromatic rings. The van der Waals surface area contributed by atoms with E-state index >= 15 is 0 Å². The van der Waals surface area contributed by atoms with Crippen molar-refractivity contribution in [3.8, 4) is 5.75 Å². The van der Waals surface area contributed by atoms with Gasteiger partial charge in [-0.1, -0.05) is 18.2 Å². The number of methoxy groups -OCH3 is 1. The third kappa shape index (κ3) is 3.36. The van der Waals surface area contributed by atoms with Crippen LogP contribution in [0.5, 0.6) is 5.75 Å². The number of aromatic nitrogens is 2. The molecule has 0 aliphatic rings. The summed E-state index contributed by atoms with van der Waals surface area (Å²) in [5, 5.41) is 2.73. The molecule has 0 radical (unpaired) electrons. The van der Waals surface area contributed by atoms with Crippen molar-refractivity contribution < 1.29 is 13.7 Å². The summed E-state index contributed by atoms with van der Waals surface area (Å²) < 4.78 is 19.4. The Morgan fingerprint density at radius 2 is 1.96 bits per heavy atom. The van der Waals surface area contributed by atoms with Crippen LogP contribution in [-0.2, 0) is 11.0 Å². The Morgan fingerprint density at radius 3 is 2.71 bits per heavy atom. The van der Waals surface area contributed by atoms with Gasteiger partial charge in [-0.3, -0.25) is 13.8 Å². The summed E-state index contributed by atoms with van der Waals surface area (Å²) in [6.45, 7) is 0. The SMILES string of the molecule is COc1ccccc1S(=O)n1ccc(NC(=O)c2ccccn2)c1. The summed E-state index contributed by atoms with van der Waals surface area (Å²) >= 11 is 0. The molecule has 2 aromatic heterocycles. The minimum absolute atomic E-state index is 0.316. The molecule has 2 heterocycles. The van der Waals surface area contributed by atoms with Gasteiger partial charge in [-0.25, -0.2) is 4.21 Å².